The molecule has 1 heterocycles. The molecule has 0 aliphatic heterocycles. The van der Waals surface area contributed by atoms with E-state index in [2.05, 4.69) is 121 Å². The van der Waals surface area contributed by atoms with E-state index in [0.29, 0.717) is 18.2 Å². The summed E-state index contributed by atoms with van der Waals surface area (Å²) in [6.45, 7) is 0.498. The molecule has 0 fully saturated rings. The van der Waals surface area contributed by atoms with Gasteiger partial charge < -0.3 is 10.2 Å². The molecule has 9 rings (SSSR count). The van der Waals surface area contributed by atoms with Crippen LogP contribution < -0.4 is 5.73 Å². The molecule has 2 N–H and O–H groups in total. The number of nitrogens with two attached hydrogens (primary N) is 1. The number of fused-ring (bicyclic) bond motifs is 7. The summed E-state index contributed by atoms with van der Waals surface area (Å²) in [5.74, 6) is 1.02. The number of nitrogens with zero attached hydrogens (tertiary/aromatic N) is 2. The number of furan rings is 1. The van der Waals surface area contributed by atoms with Crippen LogP contribution in [0.25, 0.3) is 65.4 Å². The lowest BCUT2D eigenvalue weighted by Crippen LogP contribution is -2.16. The van der Waals surface area contributed by atoms with Crippen LogP contribution in [0.5, 0.6) is 0 Å². The van der Waals surface area contributed by atoms with Crippen LogP contribution in [0.4, 0.5) is 0 Å². The molecule has 232 valence electrons. The van der Waals surface area contributed by atoms with Gasteiger partial charge in [-0.25, -0.2) is 4.99 Å². The minimum Gasteiger partial charge on any atom is -0.456 e. The van der Waals surface area contributed by atoms with Gasteiger partial charge in [0.2, 0.25) is 0 Å². The number of benzene rings is 8. The van der Waals surface area contributed by atoms with Crippen molar-refractivity contribution in [3.05, 3.63) is 180 Å². The van der Waals surface area contributed by atoms with E-state index in [0.717, 1.165) is 65.9 Å². The number of amidine groups is 2. The summed E-state index contributed by atoms with van der Waals surface area (Å²) in [5, 5.41) is 9.23. The first-order valence-electron chi connectivity index (χ1n) is 16.5. The van der Waals surface area contributed by atoms with Gasteiger partial charge in [0.15, 0.2) is 5.84 Å². The van der Waals surface area contributed by atoms with E-state index >= 15 is 0 Å². The fraction of sp³-hybridized carbons (Fsp3) is 0.0222. The van der Waals surface area contributed by atoms with Crippen LogP contribution in [0.3, 0.4) is 0 Å². The minimum atomic E-state index is 0.417. The number of aliphatic imine (C=N–C) groups is 2. The van der Waals surface area contributed by atoms with Crippen molar-refractivity contribution in [2.75, 3.05) is 0 Å². The molecule has 0 unspecified atom stereocenters. The van der Waals surface area contributed by atoms with Gasteiger partial charge in [0.05, 0.1) is 6.54 Å². The zero-order valence-corrected chi connectivity index (χ0v) is 26.7. The van der Waals surface area contributed by atoms with Gasteiger partial charge in [0.25, 0.3) is 0 Å². The average molecular weight is 630 g/mol. The van der Waals surface area contributed by atoms with E-state index in [4.69, 9.17) is 20.1 Å². The second kappa shape index (κ2) is 11.9. The maximum absolute atomic E-state index is 6.81. The van der Waals surface area contributed by atoms with Crippen LogP contribution in [-0.2, 0) is 6.54 Å². The molecule has 0 saturated carbocycles. The molecule has 49 heavy (non-hydrogen) atoms. The Kier molecular flexibility index (Phi) is 6.98. The molecule has 4 nitrogen and oxygen atoms in total. The van der Waals surface area contributed by atoms with Crippen molar-refractivity contribution >= 4 is 65.9 Å². The highest BCUT2D eigenvalue weighted by Gasteiger charge is 2.13. The Labute approximate surface area is 283 Å². The molecule has 0 spiro atoms. The second-order valence-corrected chi connectivity index (χ2v) is 12.4. The summed E-state index contributed by atoms with van der Waals surface area (Å²) in [6, 6.07) is 56.7. The molecule has 0 amide bonds. The summed E-state index contributed by atoms with van der Waals surface area (Å²) < 4.78 is 6.17. The summed E-state index contributed by atoms with van der Waals surface area (Å²) in [5.41, 5.74) is 13.7. The number of para-hydroxylation sites is 1. The number of hydrogen-bond acceptors (Lipinski definition) is 2. The highest BCUT2D eigenvalue weighted by molar-refractivity contribution is 6.15. The molecule has 0 bridgehead atoms. The molecular formula is C45H31N3O. The summed E-state index contributed by atoms with van der Waals surface area (Å²) >= 11 is 0. The predicted octanol–water partition coefficient (Wildman–Crippen LogP) is 11.1. The normalized spacial score (nSPS) is 12.5. The van der Waals surface area contributed by atoms with E-state index < -0.39 is 0 Å². The fourth-order valence-electron chi connectivity index (χ4n) is 6.86. The van der Waals surface area contributed by atoms with E-state index in [1.54, 1.807) is 0 Å². The Balaban J connectivity index is 1.13. The van der Waals surface area contributed by atoms with Gasteiger partial charge in [0, 0.05) is 21.9 Å². The van der Waals surface area contributed by atoms with Crippen LogP contribution in [0.2, 0.25) is 0 Å². The van der Waals surface area contributed by atoms with Crippen molar-refractivity contribution in [1.29, 1.82) is 0 Å². The second-order valence-electron chi connectivity index (χ2n) is 12.4. The van der Waals surface area contributed by atoms with Crippen molar-refractivity contribution < 1.29 is 4.42 Å². The molecule has 9 aromatic rings. The fourth-order valence-corrected chi connectivity index (χ4v) is 6.86. The molecule has 4 heteroatoms. The van der Waals surface area contributed by atoms with E-state index in [-0.39, 0.29) is 0 Å². The average Bonchev–Trinajstić information content (AvgIpc) is 3.55. The molecule has 0 aliphatic rings. The monoisotopic (exact) mass is 629 g/mol. The maximum atomic E-state index is 6.81. The van der Waals surface area contributed by atoms with Gasteiger partial charge in [-0.1, -0.05) is 133 Å². The third-order valence-electron chi connectivity index (χ3n) is 9.33. The Morgan fingerprint density at radius 1 is 0.510 bits per heavy atom. The Morgan fingerprint density at radius 3 is 2.12 bits per heavy atom. The lowest BCUT2D eigenvalue weighted by molar-refractivity contribution is 0.669. The van der Waals surface area contributed by atoms with E-state index in [1.807, 2.05) is 42.5 Å². The maximum Gasteiger partial charge on any atom is 0.157 e. The molecule has 1 aromatic heterocycles. The van der Waals surface area contributed by atoms with Gasteiger partial charge in [-0.3, -0.25) is 4.99 Å². The van der Waals surface area contributed by atoms with Gasteiger partial charge >= 0.3 is 0 Å². The van der Waals surface area contributed by atoms with Crippen LogP contribution >= 0.6 is 0 Å². The van der Waals surface area contributed by atoms with Crippen molar-refractivity contribution in [2.45, 2.75) is 6.54 Å². The molecule has 0 aliphatic carbocycles. The van der Waals surface area contributed by atoms with E-state index in [9.17, 15) is 0 Å². The van der Waals surface area contributed by atoms with Crippen LogP contribution in [0.15, 0.2) is 178 Å². The van der Waals surface area contributed by atoms with Gasteiger partial charge in [-0.05, 0) is 79.3 Å². The Bertz CT molecular complexity index is 2760. The third-order valence-corrected chi connectivity index (χ3v) is 9.33. The predicted molar refractivity (Wildman–Crippen MR) is 206 cm³/mol. The number of rotatable bonds is 5. The van der Waals surface area contributed by atoms with Crippen LogP contribution in [-0.4, -0.2) is 11.7 Å². The first-order valence-corrected chi connectivity index (χ1v) is 16.5. The SMILES string of the molecule is N/C(=N\C(=N/Cc1ccccc1)c1ccc2c(ccc3ccccc32)c1)c1ccc2ccc(-c3cccc4oc5ccccc5c34)cc2c1. The first kappa shape index (κ1) is 28.7. The topological polar surface area (TPSA) is 63.9 Å². The molecular weight excluding hydrogens is 599 g/mol. The molecule has 0 radical (unpaired) electrons. The lowest BCUT2D eigenvalue weighted by Gasteiger charge is -2.10. The van der Waals surface area contributed by atoms with Gasteiger partial charge in [-0.15, -0.1) is 0 Å². The molecule has 0 saturated heterocycles. The van der Waals surface area contributed by atoms with Crippen molar-refractivity contribution in [3.8, 4) is 11.1 Å². The molecule has 0 atom stereocenters. The highest BCUT2D eigenvalue weighted by atomic mass is 16.3. The smallest absolute Gasteiger partial charge is 0.157 e. The zero-order valence-electron chi connectivity index (χ0n) is 26.7. The lowest BCUT2D eigenvalue weighted by atomic mass is 9.96. The van der Waals surface area contributed by atoms with Crippen molar-refractivity contribution in [1.82, 2.24) is 0 Å². The molecule has 8 aromatic carbocycles. The van der Waals surface area contributed by atoms with Crippen LogP contribution in [0, 0.1) is 0 Å². The van der Waals surface area contributed by atoms with Crippen molar-refractivity contribution in [3.63, 3.8) is 0 Å². The highest BCUT2D eigenvalue weighted by Crippen LogP contribution is 2.37. The Morgan fingerprint density at radius 2 is 1.20 bits per heavy atom. The van der Waals surface area contributed by atoms with E-state index in [1.165, 1.54) is 16.2 Å². The third kappa shape index (κ3) is 5.30. The van der Waals surface area contributed by atoms with Gasteiger partial charge in [0.1, 0.15) is 17.0 Å². The largest absolute Gasteiger partial charge is 0.456 e. The standard InChI is InChI=1S/C45H31N3O/c46-44(34-22-18-30-17-20-33(26-36(30)27-34)39-14-8-16-42-43(39)40-13-6-7-15-41(40)49-42)48-45(47-28-29-9-2-1-3-10-29)35-23-24-38-32(25-35)21-19-31-11-4-5-12-37(31)38/h1-27H,28H2,(H2,46,47,48). The summed E-state index contributed by atoms with van der Waals surface area (Å²) in [6.07, 6.45) is 0. The zero-order chi connectivity index (χ0) is 32.7. The van der Waals surface area contributed by atoms with Crippen molar-refractivity contribution in [2.24, 2.45) is 15.7 Å². The minimum absolute atomic E-state index is 0.417. The quantitative estimate of drug-likeness (QED) is 0.117. The summed E-state index contributed by atoms with van der Waals surface area (Å²) in [4.78, 5) is 9.99. The number of hydrogen-bond donors (Lipinski definition) is 1. The first-order chi connectivity index (χ1) is 24.2. The summed E-state index contributed by atoms with van der Waals surface area (Å²) in [7, 11) is 0. The van der Waals surface area contributed by atoms with Gasteiger partial charge in [-0.2, -0.15) is 0 Å². The Hall–Kier alpha value is -6.52. The van der Waals surface area contributed by atoms with Crippen LogP contribution in [0.1, 0.15) is 16.7 Å².